The number of pyridine rings is 1. The fourth-order valence-corrected chi connectivity index (χ4v) is 7.05. The molecule has 0 spiro atoms. The molecule has 2 heterocycles. The number of aromatic hydroxyl groups is 1. The molecule has 8 aromatic rings. The molecule has 0 saturated heterocycles. The Labute approximate surface area is 370 Å². The van der Waals surface area contributed by atoms with Crippen molar-refractivity contribution >= 4 is 11.0 Å². The zero-order valence-corrected chi connectivity index (χ0v) is 36.1. The molecule has 0 amide bonds. The average molecular weight is 949 g/mol. The van der Waals surface area contributed by atoms with E-state index in [1.54, 1.807) is 12.1 Å². The van der Waals surface area contributed by atoms with Gasteiger partial charge in [-0.3, -0.25) is 9.55 Å². The monoisotopic (exact) mass is 948 g/mol. The molecule has 2 aromatic heterocycles. The third-order valence-corrected chi connectivity index (χ3v) is 10.3. The standard InChI is InChI=1S/C53H50N3O.Pt/c1-34(2)37-23-26-47(45(32-37)36-21-24-41(25-22-36)52(3,4)5)56-48-19-14-18-43(50(48)55-51(56)44-17-12-13-20-49(44)57)39-29-40(31-42(30-39)53(6,7)8)46-33-38(27-28-54-46)35-15-10-9-11-16-35;/h9-28,30-34,57H,1-8H3;/q-1;/i9D,10D,11D,15D,16D,27D,28D,33D,34D;. The third kappa shape index (κ3) is 7.96. The molecule has 1 N–H and O–H groups in total. The quantitative estimate of drug-likeness (QED) is 0.162. The molecule has 4 nitrogen and oxygen atoms in total. The van der Waals surface area contributed by atoms with Crippen molar-refractivity contribution in [3.05, 3.63) is 168 Å². The molecule has 0 aliphatic carbocycles. The molecule has 58 heavy (non-hydrogen) atoms. The van der Waals surface area contributed by atoms with Crippen molar-refractivity contribution in [2.24, 2.45) is 0 Å². The number of rotatable bonds is 7. The van der Waals surface area contributed by atoms with Crippen LogP contribution < -0.4 is 0 Å². The van der Waals surface area contributed by atoms with E-state index in [2.05, 4.69) is 62.2 Å². The number of aromatic nitrogens is 3. The van der Waals surface area contributed by atoms with E-state index in [1.807, 2.05) is 93.8 Å². The summed E-state index contributed by atoms with van der Waals surface area (Å²) < 4.78 is 80.1. The van der Waals surface area contributed by atoms with E-state index >= 15 is 0 Å². The van der Waals surface area contributed by atoms with E-state index in [4.69, 9.17) is 16.0 Å². The summed E-state index contributed by atoms with van der Waals surface area (Å²) in [7, 11) is 0. The van der Waals surface area contributed by atoms with Crippen LogP contribution in [0.2, 0.25) is 0 Å². The van der Waals surface area contributed by atoms with Gasteiger partial charge in [0.15, 0.2) is 0 Å². The maximum Gasteiger partial charge on any atom is 0.148 e. The van der Waals surface area contributed by atoms with Crippen LogP contribution in [-0.4, -0.2) is 19.6 Å². The molecular formula is C53H50N3OPt-. The number of hydrogen-bond donors (Lipinski definition) is 1. The molecule has 0 aliphatic heterocycles. The molecule has 0 radical (unpaired) electrons. The number of phenolic OH excluding ortho intramolecular Hbond substituents is 1. The van der Waals surface area contributed by atoms with Crippen LogP contribution in [0.4, 0.5) is 0 Å². The van der Waals surface area contributed by atoms with Gasteiger partial charge in [0.1, 0.15) is 11.6 Å². The number of fused-ring (bicyclic) bond motifs is 1. The van der Waals surface area contributed by atoms with E-state index in [9.17, 15) is 6.48 Å². The summed E-state index contributed by atoms with van der Waals surface area (Å²) in [5, 5.41) is 11.4. The van der Waals surface area contributed by atoms with Gasteiger partial charge in [0.05, 0.1) is 33.3 Å². The van der Waals surface area contributed by atoms with Gasteiger partial charge in [0.25, 0.3) is 0 Å². The van der Waals surface area contributed by atoms with Gasteiger partial charge < -0.3 is 5.11 Å². The molecule has 0 aliphatic rings. The van der Waals surface area contributed by atoms with Crippen molar-refractivity contribution in [1.29, 1.82) is 0 Å². The fourth-order valence-electron chi connectivity index (χ4n) is 7.05. The molecule has 0 bridgehead atoms. The zero-order valence-electron chi connectivity index (χ0n) is 42.8. The summed E-state index contributed by atoms with van der Waals surface area (Å²) in [6.07, 6.45) is -0.532. The number of benzene rings is 6. The summed E-state index contributed by atoms with van der Waals surface area (Å²) in [5.74, 6) is -0.400. The molecule has 0 saturated carbocycles. The summed E-state index contributed by atoms with van der Waals surface area (Å²) in [4.78, 5) is 9.73. The average Bonchev–Trinajstić information content (AvgIpc) is 3.65. The smallest absolute Gasteiger partial charge is 0.148 e. The van der Waals surface area contributed by atoms with Crippen molar-refractivity contribution in [2.45, 2.75) is 72.1 Å². The minimum Gasteiger partial charge on any atom is -0.507 e. The first-order valence-corrected chi connectivity index (χ1v) is 19.1. The predicted molar refractivity (Wildman–Crippen MR) is 238 cm³/mol. The van der Waals surface area contributed by atoms with Gasteiger partial charge in [-0.25, -0.2) is 4.98 Å². The Balaban J connectivity index is 0.00000666. The first-order valence-electron chi connectivity index (χ1n) is 23.6. The van der Waals surface area contributed by atoms with Crippen LogP contribution in [0.1, 0.15) is 90.3 Å². The summed E-state index contributed by atoms with van der Waals surface area (Å²) >= 11 is 0. The van der Waals surface area contributed by atoms with Crippen molar-refractivity contribution in [3.63, 3.8) is 0 Å². The number of imidazole rings is 1. The van der Waals surface area contributed by atoms with E-state index in [-0.39, 0.29) is 55.1 Å². The van der Waals surface area contributed by atoms with E-state index < -0.39 is 53.7 Å². The van der Waals surface area contributed by atoms with Gasteiger partial charge in [-0.05, 0) is 80.9 Å². The number of nitrogens with zero attached hydrogens (tertiary/aromatic N) is 3. The first kappa shape index (κ1) is 30.5. The summed E-state index contributed by atoms with van der Waals surface area (Å²) in [6, 6.07) is 30.7. The number of para-hydroxylation sites is 2. The van der Waals surface area contributed by atoms with Gasteiger partial charge in [-0.1, -0.05) is 157 Å². The van der Waals surface area contributed by atoms with Crippen LogP contribution in [0.25, 0.3) is 72.7 Å². The summed E-state index contributed by atoms with van der Waals surface area (Å²) in [5.41, 5.74) is 7.51. The normalized spacial score (nSPS) is 14.2. The molecule has 0 atom stereocenters. The first-order chi connectivity index (χ1) is 30.9. The Morgan fingerprint density at radius 1 is 0.690 bits per heavy atom. The van der Waals surface area contributed by atoms with E-state index in [1.165, 1.54) is 5.56 Å². The van der Waals surface area contributed by atoms with Crippen LogP contribution >= 0.6 is 0 Å². The molecule has 8 rings (SSSR count). The Morgan fingerprint density at radius 2 is 1.38 bits per heavy atom. The third-order valence-electron chi connectivity index (χ3n) is 10.3. The van der Waals surface area contributed by atoms with Crippen LogP contribution in [-0.2, 0) is 31.9 Å². The van der Waals surface area contributed by atoms with Crippen LogP contribution in [0.3, 0.4) is 0 Å². The van der Waals surface area contributed by atoms with Gasteiger partial charge in [-0.2, -0.15) is 0 Å². The summed E-state index contributed by atoms with van der Waals surface area (Å²) in [6.45, 7) is 16.3. The van der Waals surface area contributed by atoms with Gasteiger partial charge in [0, 0.05) is 39.9 Å². The van der Waals surface area contributed by atoms with Gasteiger partial charge >= 0.3 is 0 Å². The van der Waals surface area contributed by atoms with Crippen molar-refractivity contribution in [3.8, 4) is 67.5 Å². The maximum absolute atomic E-state index is 11.4. The second kappa shape index (κ2) is 16.0. The number of phenols is 1. The van der Waals surface area contributed by atoms with Crippen molar-refractivity contribution in [2.75, 3.05) is 0 Å². The molecular weight excluding hydrogens is 890 g/mol. The Morgan fingerprint density at radius 3 is 2.07 bits per heavy atom. The topological polar surface area (TPSA) is 50.9 Å². The maximum atomic E-state index is 11.4. The molecule has 6 aromatic carbocycles. The largest absolute Gasteiger partial charge is 0.507 e. The van der Waals surface area contributed by atoms with Crippen molar-refractivity contribution < 1.29 is 38.5 Å². The van der Waals surface area contributed by atoms with Gasteiger partial charge in [0.2, 0.25) is 0 Å². The molecule has 294 valence electrons. The minimum absolute atomic E-state index is 0. The van der Waals surface area contributed by atoms with Crippen LogP contribution in [0.15, 0.2) is 146 Å². The second-order valence-electron chi connectivity index (χ2n) is 16.7. The Bertz CT molecular complexity index is 3230. The van der Waals surface area contributed by atoms with Crippen LogP contribution in [0.5, 0.6) is 5.75 Å². The Kier molecular flexibility index (Phi) is 8.41. The SMILES string of the molecule is [2H]c1nc(-c2[c-]c(-c3cccc4c3nc(-c3ccccc3O)n4-c3ccc(C([2H])(C)C)cc3-c3ccc(C(C)(C)C)cc3)cc(C(C)(C)C)c2)c([2H])c(-c2c([2H])c([2H])c([2H])c([2H])c2[2H])c1[2H].[Pt]. The Hall–Kier alpha value is -5.57. The van der Waals surface area contributed by atoms with Gasteiger partial charge in [-0.15, -0.1) is 29.3 Å². The predicted octanol–water partition coefficient (Wildman–Crippen LogP) is 14.0. The minimum atomic E-state index is -0.903. The van der Waals surface area contributed by atoms with Crippen LogP contribution in [0, 0.1) is 6.07 Å². The van der Waals surface area contributed by atoms with E-state index in [0.29, 0.717) is 39.1 Å². The fraction of sp³-hybridized carbons (Fsp3) is 0.208. The second-order valence-corrected chi connectivity index (χ2v) is 16.7. The van der Waals surface area contributed by atoms with Crippen molar-refractivity contribution in [1.82, 2.24) is 14.5 Å². The molecule has 0 unspecified atom stereocenters. The number of hydrogen-bond acceptors (Lipinski definition) is 3. The zero-order chi connectivity index (χ0) is 47.9. The molecule has 5 heteroatoms. The van der Waals surface area contributed by atoms with E-state index in [0.717, 1.165) is 27.9 Å². The molecule has 0 fully saturated rings.